The number of fused-ring (bicyclic) bond motifs is 1. The SMILES string of the molecule is CCCN(CC(=O)N1CCc2sccc2C1c1ccc(C(C)(C)C)cc1)C(=O)C(CC)c1ccccc1. The topological polar surface area (TPSA) is 40.6 Å². The summed E-state index contributed by atoms with van der Waals surface area (Å²) in [4.78, 5) is 32.7. The van der Waals surface area contributed by atoms with Crippen molar-refractivity contribution in [2.24, 2.45) is 0 Å². The maximum atomic E-state index is 13.9. The molecule has 2 aromatic carbocycles. The number of benzene rings is 2. The van der Waals surface area contributed by atoms with E-state index in [1.165, 1.54) is 16.0 Å². The highest BCUT2D eigenvalue weighted by Crippen LogP contribution is 2.38. The minimum atomic E-state index is -0.230. The van der Waals surface area contributed by atoms with Crippen molar-refractivity contribution in [3.8, 4) is 0 Å². The van der Waals surface area contributed by atoms with Crippen LogP contribution in [0.2, 0.25) is 0 Å². The summed E-state index contributed by atoms with van der Waals surface area (Å²) >= 11 is 1.77. The molecule has 5 heteroatoms. The molecule has 2 atom stereocenters. The number of thiophene rings is 1. The van der Waals surface area contributed by atoms with Crippen LogP contribution in [0, 0.1) is 0 Å². The smallest absolute Gasteiger partial charge is 0.242 e. The minimum absolute atomic E-state index is 0.0199. The van der Waals surface area contributed by atoms with Crippen molar-refractivity contribution >= 4 is 23.2 Å². The van der Waals surface area contributed by atoms with Gasteiger partial charge in [-0.2, -0.15) is 0 Å². The van der Waals surface area contributed by atoms with Crippen molar-refractivity contribution in [1.82, 2.24) is 9.80 Å². The van der Waals surface area contributed by atoms with E-state index in [0.717, 1.165) is 24.0 Å². The fraction of sp³-hybridized carbons (Fsp3) is 0.438. The summed E-state index contributed by atoms with van der Waals surface area (Å²) in [5.41, 5.74) is 4.72. The van der Waals surface area contributed by atoms with Gasteiger partial charge < -0.3 is 9.80 Å². The van der Waals surface area contributed by atoms with Crippen molar-refractivity contribution in [2.45, 2.75) is 71.3 Å². The van der Waals surface area contributed by atoms with E-state index < -0.39 is 0 Å². The van der Waals surface area contributed by atoms with E-state index in [0.29, 0.717) is 19.5 Å². The predicted octanol–water partition coefficient (Wildman–Crippen LogP) is 6.95. The van der Waals surface area contributed by atoms with Crippen LogP contribution in [0.4, 0.5) is 0 Å². The van der Waals surface area contributed by atoms with E-state index >= 15 is 0 Å². The van der Waals surface area contributed by atoms with Gasteiger partial charge in [-0.25, -0.2) is 0 Å². The van der Waals surface area contributed by atoms with E-state index in [9.17, 15) is 9.59 Å². The first-order valence-electron chi connectivity index (χ1n) is 13.5. The molecule has 0 radical (unpaired) electrons. The second-order valence-electron chi connectivity index (χ2n) is 11.0. The maximum absolute atomic E-state index is 13.9. The highest BCUT2D eigenvalue weighted by Gasteiger charge is 2.35. The zero-order valence-electron chi connectivity index (χ0n) is 22.9. The molecule has 0 saturated heterocycles. The van der Waals surface area contributed by atoms with Crippen LogP contribution in [0.15, 0.2) is 66.0 Å². The lowest BCUT2D eigenvalue weighted by atomic mass is 9.85. The maximum Gasteiger partial charge on any atom is 0.242 e. The van der Waals surface area contributed by atoms with Crippen LogP contribution in [0.25, 0.3) is 0 Å². The van der Waals surface area contributed by atoms with Gasteiger partial charge in [0.2, 0.25) is 11.8 Å². The predicted molar refractivity (Wildman–Crippen MR) is 153 cm³/mol. The highest BCUT2D eigenvalue weighted by molar-refractivity contribution is 7.10. The molecule has 0 aliphatic carbocycles. The normalized spacial score (nSPS) is 16.2. The molecule has 0 fully saturated rings. The first-order chi connectivity index (χ1) is 17.7. The fourth-order valence-corrected chi connectivity index (χ4v) is 6.26. The van der Waals surface area contributed by atoms with Gasteiger partial charge in [0.15, 0.2) is 0 Å². The van der Waals surface area contributed by atoms with Gasteiger partial charge in [-0.3, -0.25) is 9.59 Å². The van der Waals surface area contributed by atoms with E-state index in [1.54, 1.807) is 16.2 Å². The number of rotatable bonds is 8. The summed E-state index contributed by atoms with van der Waals surface area (Å²) in [5.74, 6) is -0.166. The average molecular weight is 517 g/mol. The Kier molecular flexibility index (Phi) is 8.53. The number of carbonyl (C=O) groups excluding carboxylic acids is 2. The average Bonchev–Trinajstić information content (AvgIpc) is 3.37. The highest BCUT2D eigenvalue weighted by atomic mass is 32.1. The molecule has 0 N–H and O–H groups in total. The van der Waals surface area contributed by atoms with Crippen LogP contribution in [-0.2, 0) is 21.4 Å². The molecule has 1 aliphatic rings. The van der Waals surface area contributed by atoms with E-state index in [4.69, 9.17) is 0 Å². The van der Waals surface area contributed by atoms with Gasteiger partial charge in [0.25, 0.3) is 0 Å². The Hall–Kier alpha value is -2.92. The molecular formula is C32H40N2O2S. The third kappa shape index (κ3) is 5.98. The lowest BCUT2D eigenvalue weighted by Crippen LogP contribution is -2.47. The van der Waals surface area contributed by atoms with Gasteiger partial charge in [-0.15, -0.1) is 11.3 Å². The number of nitrogens with zero attached hydrogens (tertiary/aromatic N) is 2. The van der Waals surface area contributed by atoms with Gasteiger partial charge in [0.1, 0.15) is 0 Å². The number of hydrogen-bond acceptors (Lipinski definition) is 3. The standard InChI is InChI=1S/C32H40N2O2S/c1-6-19-33(31(36)26(7-2)23-11-9-8-10-12-23)22-29(35)34-20-17-28-27(18-21-37-28)30(34)24-13-15-25(16-14-24)32(3,4)5/h8-16,18,21,26,30H,6-7,17,19-20,22H2,1-5H3. The molecule has 196 valence electrons. The molecule has 0 spiro atoms. The Balaban J connectivity index is 1.61. The van der Waals surface area contributed by atoms with Gasteiger partial charge in [0.05, 0.1) is 18.5 Å². The molecule has 2 heterocycles. The monoisotopic (exact) mass is 516 g/mol. The first kappa shape index (κ1) is 27.1. The van der Waals surface area contributed by atoms with Crippen LogP contribution in [0.3, 0.4) is 0 Å². The molecule has 1 aliphatic heterocycles. The molecule has 1 aromatic heterocycles. The van der Waals surface area contributed by atoms with E-state index in [2.05, 4.69) is 63.4 Å². The lowest BCUT2D eigenvalue weighted by molar-refractivity contribution is -0.142. The molecule has 4 nitrogen and oxygen atoms in total. The Morgan fingerprint density at radius 3 is 2.35 bits per heavy atom. The van der Waals surface area contributed by atoms with Crippen LogP contribution in [0.1, 0.15) is 86.6 Å². The minimum Gasteiger partial charge on any atom is -0.333 e. The third-order valence-electron chi connectivity index (χ3n) is 7.42. The zero-order valence-corrected chi connectivity index (χ0v) is 23.7. The van der Waals surface area contributed by atoms with Crippen molar-refractivity contribution in [2.75, 3.05) is 19.6 Å². The number of amides is 2. The zero-order chi connectivity index (χ0) is 26.6. The quantitative estimate of drug-likeness (QED) is 0.325. The molecule has 0 saturated carbocycles. The molecular weight excluding hydrogens is 476 g/mol. The largest absolute Gasteiger partial charge is 0.333 e. The number of carbonyl (C=O) groups is 2. The summed E-state index contributed by atoms with van der Waals surface area (Å²) in [7, 11) is 0. The fourth-order valence-electron chi connectivity index (χ4n) is 5.36. The first-order valence-corrected chi connectivity index (χ1v) is 14.4. The summed E-state index contributed by atoms with van der Waals surface area (Å²) in [6, 6.07) is 20.7. The van der Waals surface area contributed by atoms with E-state index in [-0.39, 0.29) is 35.7 Å². The van der Waals surface area contributed by atoms with Crippen LogP contribution in [0.5, 0.6) is 0 Å². The second-order valence-corrected chi connectivity index (χ2v) is 12.0. The Morgan fingerprint density at radius 1 is 1.03 bits per heavy atom. The van der Waals surface area contributed by atoms with Crippen molar-refractivity contribution in [3.63, 3.8) is 0 Å². The Labute approximate surface area is 226 Å². The van der Waals surface area contributed by atoms with Crippen LogP contribution < -0.4 is 0 Å². The van der Waals surface area contributed by atoms with Crippen molar-refractivity contribution in [1.29, 1.82) is 0 Å². The van der Waals surface area contributed by atoms with Gasteiger partial charge in [-0.05, 0) is 58.4 Å². The van der Waals surface area contributed by atoms with Gasteiger partial charge in [-0.1, -0.05) is 89.2 Å². The summed E-state index contributed by atoms with van der Waals surface area (Å²) in [5, 5.41) is 2.13. The van der Waals surface area contributed by atoms with Crippen LogP contribution >= 0.6 is 11.3 Å². The molecule has 37 heavy (non-hydrogen) atoms. The Morgan fingerprint density at radius 2 is 1.73 bits per heavy atom. The molecule has 4 rings (SSSR count). The summed E-state index contributed by atoms with van der Waals surface area (Å²) in [6.07, 6.45) is 2.39. The molecule has 3 aromatic rings. The van der Waals surface area contributed by atoms with Gasteiger partial charge >= 0.3 is 0 Å². The summed E-state index contributed by atoms with van der Waals surface area (Å²) < 4.78 is 0. The Bertz CT molecular complexity index is 1190. The molecule has 0 bridgehead atoms. The lowest BCUT2D eigenvalue weighted by Gasteiger charge is -2.38. The van der Waals surface area contributed by atoms with Crippen LogP contribution in [-0.4, -0.2) is 41.2 Å². The third-order valence-corrected chi connectivity index (χ3v) is 8.41. The number of hydrogen-bond donors (Lipinski definition) is 0. The van der Waals surface area contributed by atoms with Crippen molar-refractivity contribution in [3.05, 3.63) is 93.2 Å². The second kappa shape index (κ2) is 11.6. The summed E-state index contributed by atoms with van der Waals surface area (Å²) in [6.45, 7) is 12.1. The molecule has 2 amide bonds. The van der Waals surface area contributed by atoms with Gasteiger partial charge in [0, 0.05) is 18.0 Å². The molecule has 2 unspecified atom stereocenters. The van der Waals surface area contributed by atoms with Crippen molar-refractivity contribution < 1.29 is 9.59 Å². The van der Waals surface area contributed by atoms with E-state index in [1.807, 2.05) is 42.2 Å².